The van der Waals surface area contributed by atoms with Crippen molar-refractivity contribution in [3.8, 4) is 0 Å². The molecule has 10 nitrogen and oxygen atoms in total. The lowest BCUT2D eigenvalue weighted by molar-refractivity contribution is -0.115. The summed E-state index contributed by atoms with van der Waals surface area (Å²) in [5.41, 5.74) is 6.91. The van der Waals surface area contributed by atoms with Crippen LogP contribution in [0.2, 0.25) is 0 Å². The molecule has 0 unspecified atom stereocenters. The van der Waals surface area contributed by atoms with Gasteiger partial charge in [0.15, 0.2) is 0 Å². The van der Waals surface area contributed by atoms with Gasteiger partial charge in [0.05, 0.1) is 11.4 Å². The van der Waals surface area contributed by atoms with Crippen LogP contribution in [0.4, 0.5) is 21.9 Å². The van der Waals surface area contributed by atoms with Gasteiger partial charge in [-0.15, -0.1) is 0 Å². The van der Waals surface area contributed by atoms with Crippen LogP contribution >= 0.6 is 0 Å². The number of alkyl carbamates (subject to hydrolysis) is 1. The van der Waals surface area contributed by atoms with E-state index in [0.717, 1.165) is 24.0 Å². The molecule has 0 radical (unpaired) electrons. The fourth-order valence-corrected chi connectivity index (χ4v) is 5.29. The van der Waals surface area contributed by atoms with E-state index in [2.05, 4.69) is 67.7 Å². The lowest BCUT2D eigenvalue weighted by Crippen LogP contribution is -2.33. The molecule has 0 spiro atoms. The van der Waals surface area contributed by atoms with Crippen LogP contribution in [0.5, 0.6) is 0 Å². The van der Waals surface area contributed by atoms with E-state index in [-0.39, 0.29) is 12.5 Å². The van der Waals surface area contributed by atoms with Gasteiger partial charge in [-0.2, -0.15) is 0 Å². The Morgan fingerprint density at radius 2 is 1.57 bits per heavy atom. The third kappa shape index (κ3) is 14.8. The first kappa shape index (κ1) is 39.8. The molecule has 1 aliphatic carbocycles. The summed E-state index contributed by atoms with van der Waals surface area (Å²) < 4.78 is 10.4. The van der Waals surface area contributed by atoms with Gasteiger partial charge >= 0.3 is 6.09 Å². The van der Waals surface area contributed by atoms with Crippen molar-refractivity contribution in [1.82, 2.24) is 5.32 Å². The number of ether oxygens (including phenoxy) is 2. The monoisotopic (exact) mass is 694 g/mol. The first-order valence-corrected chi connectivity index (χ1v) is 16.9. The van der Waals surface area contributed by atoms with E-state index >= 15 is 0 Å². The topological polar surface area (TPSA) is 135 Å². The van der Waals surface area contributed by atoms with E-state index in [9.17, 15) is 19.2 Å². The van der Waals surface area contributed by atoms with E-state index < -0.39 is 24.7 Å². The summed E-state index contributed by atoms with van der Waals surface area (Å²) in [7, 11) is 0. The highest BCUT2D eigenvalue weighted by molar-refractivity contribution is 6.07. The molecule has 4 amide bonds. The van der Waals surface area contributed by atoms with Gasteiger partial charge in [0.2, 0.25) is 18.6 Å². The third-order valence-corrected chi connectivity index (χ3v) is 8.02. The van der Waals surface area contributed by atoms with Gasteiger partial charge in [0.1, 0.15) is 12.3 Å². The minimum atomic E-state index is -0.852. The van der Waals surface area contributed by atoms with Crippen molar-refractivity contribution in [3.63, 3.8) is 0 Å². The Hall–Kier alpha value is -5.64. The number of hydrogen-bond donors (Lipinski definition) is 4. The third-order valence-electron chi connectivity index (χ3n) is 8.02. The Morgan fingerprint density at radius 3 is 2.25 bits per heavy atom. The number of benzene rings is 2. The molecule has 0 aromatic heterocycles. The Morgan fingerprint density at radius 1 is 0.882 bits per heavy atom. The van der Waals surface area contributed by atoms with Gasteiger partial charge in [-0.3, -0.25) is 14.4 Å². The molecule has 0 saturated carbocycles. The lowest BCUT2D eigenvalue weighted by Gasteiger charge is -2.23. The van der Waals surface area contributed by atoms with Crippen LogP contribution in [0, 0.1) is 5.41 Å². The fraction of sp³-hybridized carbons (Fsp3) is 0.317. The largest absolute Gasteiger partial charge is 0.458 e. The first-order chi connectivity index (χ1) is 24.2. The molecule has 2 aromatic carbocycles. The van der Waals surface area contributed by atoms with E-state index in [1.165, 1.54) is 30.9 Å². The van der Waals surface area contributed by atoms with E-state index in [4.69, 9.17) is 9.47 Å². The zero-order valence-electron chi connectivity index (χ0n) is 30.5. The van der Waals surface area contributed by atoms with Crippen molar-refractivity contribution >= 4 is 40.9 Å². The molecule has 0 heterocycles. The molecule has 3 rings (SSSR count). The second kappa shape index (κ2) is 19.5. The van der Waals surface area contributed by atoms with Gasteiger partial charge in [-0.05, 0) is 105 Å². The van der Waals surface area contributed by atoms with Crippen molar-refractivity contribution in [3.05, 3.63) is 125 Å². The lowest BCUT2D eigenvalue weighted by atomic mass is 9.83. The highest BCUT2D eigenvalue weighted by atomic mass is 16.7. The van der Waals surface area contributed by atoms with Crippen LogP contribution in [-0.4, -0.2) is 37.2 Å². The number of carbonyl (C=O) groups is 4. The second-order valence-corrected chi connectivity index (χ2v) is 13.3. The summed E-state index contributed by atoms with van der Waals surface area (Å²) >= 11 is 0. The van der Waals surface area contributed by atoms with Crippen LogP contribution in [-0.2, 0) is 19.1 Å². The molecule has 0 bridgehead atoms. The molecule has 4 N–H and O–H groups in total. The first-order valence-electron chi connectivity index (χ1n) is 16.9. The van der Waals surface area contributed by atoms with Gasteiger partial charge in [0, 0.05) is 18.2 Å². The number of para-hydroxylation sites is 2. The smallest absolute Gasteiger partial charge is 0.410 e. The van der Waals surface area contributed by atoms with Crippen molar-refractivity contribution in [2.24, 2.45) is 5.41 Å². The summed E-state index contributed by atoms with van der Waals surface area (Å²) in [6.07, 6.45) is 16.0. The molecule has 0 aliphatic heterocycles. The Bertz CT molecular complexity index is 1750. The average molecular weight is 695 g/mol. The Labute approximate surface area is 301 Å². The molecule has 2 aromatic rings. The normalized spacial score (nSPS) is 14.9. The number of anilines is 3. The Kier molecular flexibility index (Phi) is 15.2. The Balaban J connectivity index is 1.39. The molecule has 0 saturated heterocycles. The molecule has 270 valence electrons. The van der Waals surface area contributed by atoms with Crippen molar-refractivity contribution in [1.29, 1.82) is 0 Å². The molecule has 10 heteroatoms. The van der Waals surface area contributed by atoms with E-state index in [1.54, 1.807) is 54.6 Å². The summed E-state index contributed by atoms with van der Waals surface area (Å²) in [6.45, 7) is 15.4. The maximum Gasteiger partial charge on any atom is 0.410 e. The maximum atomic E-state index is 12.8. The predicted molar refractivity (Wildman–Crippen MR) is 204 cm³/mol. The number of hydrogen-bond acceptors (Lipinski definition) is 6. The number of rotatable bonds is 14. The highest BCUT2D eigenvalue weighted by Gasteiger charge is 2.22. The molecule has 51 heavy (non-hydrogen) atoms. The zero-order chi connectivity index (χ0) is 37.4. The standard InChI is InChI=1S/C41H50N4O6/c1-28(17-18-34-25-41(6,7)23-11-14-30(34)3)12-10-13-29(2)24-31(4)50-27-51-40(49)42-26-38(47)44-36-15-8-9-16-37(36)45-39(48)33-19-21-35(22-20-33)43-32(5)46/h8-10,12-13,15-22,24H,4,11,14,23,25-27H2,1-3,5-7H3,(H,42,49)(H,43,46)(H,44,47)(H,45,48)/b13-10+,18-17+,28-12+,29-24+. The van der Waals surface area contributed by atoms with E-state index in [1.807, 2.05) is 25.2 Å². The van der Waals surface area contributed by atoms with Crippen molar-refractivity contribution in [2.45, 2.75) is 67.2 Å². The van der Waals surface area contributed by atoms with Crippen molar-refractivity contribution in [2.75, 3.05) is 29.3 Å². The highest BCUT2D eigenvalue weighted by Crippen LogP contribution is 2.37. The van der Waals surface area contributed by atoms with Crippen LogP contribution in [0.25, 0.3) is 0 Å². The maximum absolute atomic E-state index is 12.8. The van der Waals surface area contributed by atoms with Gasteiger partial charge in [-0.25, -0.2) is 4.79 Å². The number of carbonyl (C=O) groups excluding carboxylic acids is 4. The molecular formula is C41H50N4O6. The number of allylic oxidation sites excluding steroid dienone is 10. The zero-order valence-corrected chi connectivity index (χ0v) is 30.5. The average Bonchev–Trinajstić information content (AvgIpc) is 3.19. The molecule has 0 atom stereocenters. The number of nitrogens with one attached hydrogen (secondary N) is 4. The summed E-state index contributed by atoms with van der Waals surface area (Å²) in [4.78, 5) is 48.7. The summed E-state index contributed by atoms with van der Waals surface area (Å²) in [6, 6.07) is 13.0. The van der Waals surface area contributed by atoms with E-state index in [0.29, 0.717) is 33.8 Å². The SMILES string of the molecule is C=C(/C=C(C)/C=C/C=C(C)/C=C/C1=C(C)CCCC(C)(C)C1)OCOC(=O)NCC(=O)Nc1ccccc1NC(=O)c1ccc(NC(C)=O)cc1. The summed E-state index contributed by atoms with van der Waals surface area (Å²) in [5.74, 6) is -0.855. The predicted octanol–water partition coefficient (Wildman–Crippen LogP) is 8.97. The summed E-state index contributed by atoms with van der Waals surface area (Å²) in [5, 5.41) is 10.4. The molecular weight excluding hydrogens is 644 g/mol. The van der Waals surface area contributed by atoms with Crippen molar-refractivity contribution < 1.29 is 28.7 Å². The molecule has 0 fully saturated rings. The van der Waals surface area contributed by atoms with Crippen LogP contribution in [0.1, 0.15) is 77.6 Å². The van der Waals surface area contributed by atoms with Gasteiger partial charge < -0.3 is 30.7 Å². The van der Waals surface area contributed by atoms with Crippen LogP contribution in [0.3, 0.4) is 0 Å². The van der Waals surface area contributed by atoms with Crippen LogP contribution < -0.4 is 21.3 Å². The van der Waals surface area contributed by atoms with Gasteiger partial charge in [-0.1, -0.05) is 74.1 Å². The van der Waals surface area contributed by atoms with Crippen LogP contribution in [0.15, 0.2) is 120 Å². The molecule has 1 aliphatic rings. The minimum absolute atomic E-state index is 0.217. The minimum Gasteiger partial charge on any atom is -0.458 e. The fourth-order valence-electron chi connectivity index (χ4n) is 5.29. The second-order valence-electron chi connectivity index (χ2n) is 13.3. The quantitative estimate of drug-likeness (QED) is 0.0886. The number of amides is 4. The van der Waals surface area contributed by atoms with Gasteiger partial charge in [0.25, 0.3) is 5.91 Å².